The molecule has 1 aromatic rings. The summed E-state index contributed by atoms with van der Waals surface area (Å²) >= 11 is 0. The van der Waals surface area contributed by atoms with E-state index >= 15 is 0 Å². The van der Waals surface area contributed by atoms with Gasteiger partial charge in [-0.1, -0.05) is 0 Å². The van der Waals surface area contributed by atoms with E-state index in [1.165, 1.54) is 0 Å². The summed E-state index contributed by atoms with van der Waals surface area (Å²) in [4.78, 5) is 14.0. The molecule has 1 fully saturated rings. The van der Waals surface area contributed by atoms with E-state index in [2.05, 4.69) is 5.32 Å². The number of fused-ring (bicyclic) bond motifs is 1. The summed E-state index contributed by atoms with van der Waals surface area (Å²) in [7, 11) is 0. The molecule has 2 aliphatic rings. The average molecular weight is 249 g/mol. The number of halogens is 1. The second kappa shape index (κ2) is 4.24. The third-order valence-corrected chi connectivity index (χ3v) is 3.71. The van der Waals surface area contributed by atoms with Crippen LogP contribution in [0.5, 0.6) is 0 Å². The van der Waals surface area contributed by atoms with Crippen molar-refractivity contribution in [1.29, 1.82) is 0 Å². The van der Waals surface area contributed by atoms with Crippen LogP contribution in [0.1, 0.15) is 12.0 Å². The molecule has 1 aromatic carbocycles. The smallest absolute Gasteiger partial charge is 0.242 e. The van der Waals surface area contributed by atoms with Gasteiger partial charge in [0, 0.05) is 24.5 Å². The van der Waals surface area contributed by atoms with E-state index in [1.807, 2.05) is 17.0 Å². The lowest BCUT2D eigenvalue weighted by atomic mass is 9.97. The van der Waals surface area contributed by atoms with Crippen LogP contribution in [0.15, 0.2) is 18.2 Å². The van der Waals surface area contributed by atoms with Crippen molar-refractivity contribution in [3.8, 4) is 0 Å². The van der Waals surface area contributed by atoms with Gasteiger partial charge in [-0.3, -0.25) is 9.69 Å². The first-order valence-corrected chi connectivity index (χ1v) is 6.21. The Morgan fingerprint density at radius 3 is 3.00 bits per heavy atom. The van der Waals surface area contributed by atoms with Crippen LogP contribution in [0.25, 0.3) is 0 Å². The summed E-state index contributed by atoms with van der Waals surface area (Å²) in [6, 6.07) is 5.21. The molecule has 0 spiro atoms. The average Bonchev–Trinajstić information content (AvgIpc) is 2.75. The van der Waals surface area contributed by atoms with Gasteiger partial charge in [0.05, 0.1) is 6.04 Å². The Morgan fingerprint density at radius 1 is 1.44 bits per heavy atom. The number of nitrogen functional groups attached to an aromatic ring is 1. The quantitative estimate of drug-likeness (QED) is 0.735. The van der Waals surface area contributed by atoms with E-state index in [9.17, 15) is 9.18 Å². The number of likely N-dealkylation sites (tertiary alicyclic amines) is 1. The topological polar surface area (TPSA) is 58.4 Å². The molecule has 3 rings (SSSR count). The van der Waals surface area contributed by atoms with Gasteiger partial charge in [0.15, 0.2) is 0 Å². The first-order valence-electron chi connectivity index (χ1n) is 6.21. The standard InChI is InChI=1S/C13H16FN3O/c14-9-3-4-17(7-9)12-6-8-5-10(15)1-2-11(8)16-13(12)18/h1-2,5,9,12H,3-4,6-7,15H2,(H,16,18)/t9-,12?/m0/s1. The molecule has 4 nitrogen and oxygen atoms in total. The van der Waals surface area contributed by atoms with Crippen molar-refractivity contribution in [2.75, 3.05) is 24.1 Å². The zero-order chi connectivity index (χ0) is 12.7. The fourth-order valence-electron chi connectivity index (χ4n) is 2.74. The third-order valence-electron chi connectivity index (χ3n) is 3.71. The summed E-state index contributed by atoms with van der Waals surface area (Å²) in [5.41, 5.74) is 8.29. The van der Waals surface area contributed by atoms with Crippen molar-refractivity contribution >= 4 is 17.3 Å². The maximum atomic E-state index is 13.2. The SMILES string of the molecule is Nc1ccc2c(c1)CC(N1CC[C@H](F)C1)C(=O)N2. The van der Waals surface area contributed by atoms with E-state index in [1.54, 1.807) is 6.07 Å². The van der Waals surface area contributed by atoms with Gasteiger partial charge in [-0.05, 0) is 36.6 Å². The number of anilines is 2. The van der Waals surface area contributed by atoms with Crippen molar-refractivity contribution < 1.29 is 9.18 Å². The molecule has 5 heteroatoms. The highest BCUT2D eigenvalue weighted by Gasteiger charge is 2.35. The molecule has 3 N–H and O–H groups in total. The highest BCUT2D eigenvalue weighted by atomic mass is 19.1. The molecule has 2 aliphatic heterocycles. The summed E-state index contributed by atoms with van der Waals surface area (Å²) in [5, 5.41) is 2.87. The van der Waals surface area contributed by atoms with E-state index < -0.39 is 6.17 Å². The Labute approximate surface area is 105 Å². The predicted molar refractivity (Wildman–Crippen MR) is 68.1 cm³/mol. The lowest BCUT2D eigenvalue weighted by Gasteiger charge is -2.31. The highest BCUT2D eigenvalue weighted by molar-refractivity contribution is 5.98. The molecule has 0 aromatic heterocycles. The summed E-state index contributed by atoms with van der Waals surface area (Å²) in [5.74, 6) is -0.0404. The normalized spacial score (nSPS) is 27.9. The first kappa shape index (κ1) is 11.5. The number of benzene rings is 1. The van der Waals surface area contributed by atoms with Gasteiger partial charge in [-0.15, -0.1) is 0 Å². The molecule has 2 atom stereocenters. The zero-order valence-electron chi connectivity index (χ0n) is 10.0. The summed E-state index contributed by atoms with van der Waals surface area (Å²) in [6.07, 6.45) is 0.326. The van der Waals surface area contributed by atoms with Crippen LogP contribution in [0, 0.1) is 0 Å². The Balaban J connectivity index is 1.84. The minimum Gasteiger partial charge on any atom is -0.399 e. The zero-order valence-corrected chi connectivity index (χ0v) is 10.0. The van der Waals surface area contributed by atoms with Crippen molar-refractivity contribution in [3.05, 3.63) is 23.8 Å². The minimum absolute atomic E-state index is 0.0404. The molecular formula is C13H16FN3O. The second-order valence-electron chi connectivity index (χ2n) is 5.01. The summed E-state index contributed by atoms with van der Waals surface area (Å²) in [6.45, 7) is 1.01. The molecule has 1 amide bonds. The lowest BCUT2D eigenvalue weighted by Crippen LogP contribution is -2.47. The van der Waals surface area contributed by atoms with Crippen molar-refractivity contribution in [1.82, 2.24) is 4.90 Å². The molecular weight excluding hydrogens is 233 g/mol. The van der Waals surface area contributed by atoms with Gasteiger partial charge in [0.2, 0.25) is 5.91 Å². The maximum absolute atomic E-state index is 13.2. The number of carbonyl (C=O) groups is 1. The number of alkyl halides is 1. The number of nitrogens with two attached hydrogens (primary N) is 1. The molecule has 0 bridgehead atoms. The van der Waals surface area contributed by atoms with E-state index in [0.717, 1.165) is 11.3 Å². The fraction of sp³-hybridized carbons (Fsp3) is 0.462. The fourth-order valence-corrected chi connectivity index (χ4v) is 2.74. The van der Waals surface area contributed by atoms with E-state index in [-0.39, 0.29) is 11.9 Å². The predicted octanol–water partition coefficient (Wildman–Crippen LogP) is 1.18. The number of amides is 1. The molecule has 2 heterocycles. The van der Waals surface area contributed by atoms with Crippen LogP contribution >= 0.6 is 0 Å². The molecule has 18 heavy (non-hydrogen) atoms. The second-order valence-corrected chi connectivity index (χ2v) is 5.01. The lowest BCUT2D eigenvalue weighted by molar-refractivity contribution is -0.121. The number of carbonyl (C=O) groups excluding carboxylic acids is 1. The van der Waals surface area contributed by atoms with Crippen LogP contribution in [0.4, 0.5) is 15.8 Å². The van der Waals surface area contributed by atoms with Gasteiger partial charge in [0.25, 0.3) is 0 Å². The van der Waals surface area contributed by atoms with Crippen LogP contribution in [0.2, 0.25) is 0 Å². The van der Waals surface area contributed by atoms with Crippen molar-refractivity contribution in [3.63, 3.8) is 0 Å². The minimum atomic E-state index is -0.806. The molecule has 1 saturated heterocycles. The number of rotatable bonds is 1. The summed E-state index contributed by atoms with van der Waals surface area (Å²) < 4.78 is 13.2. The number of hydrogen-bond acceptors (Lipinski definition) is 3. The molecule has 0 aliphatic carbocycles. The Kier molecular flexibility index (Phi) is 2.70. The Bertz CT molecular complexity index is 491. The highest BCUT2D eigenvalue weighted by Crippen LogP contribution is 2.28. The Morgan fingerprint density at radius 2 is 2.28 bits per heavy atom. The van der Waals surface area contributed by atoms with E-state index in [4.69, 9.17) is 5.73 Å². The van der Waals surface area contributed by atoms with Crippen LogP contribution in [-0.2, 0) is 11.2 Å². The number of nitrogens with zero attached hydrogens (tertiary/aromatic N) is 1. The van der Waals surface area contributed by atoms with Gasteiger partial charge in [-0.2, -0.15) is 0 Å². The van der Waals surface area contributed by atoms with Gasteiger partial charge in [0.1, 0.15) is 6.17 Å². The van der Waals surface area contributed by atoms with Crippen molar-refractivity contribution in [2.45, 2.75) is 25.1 Å². The van der Waals surface area contributed by atoms with Crippen LogP contribution in [0.3, 0.4) is 0 Å². The van der Waals surface area contributed by atoms with Gasteiger partial charge < -0.3 is 11.1 Å². The number of nitrogens with one attached hydrogen (secondary N) is 1. The molecule has 0 radical (unpaired) electrons. The van der Waals surface area contributed by atoms with Crippen LogP contribution < -0.4 is 11.1 Å². The maximum Gasteiger partial charge on any atom is 0.242 e. The first-order chi connectivity index (χ1) is 8.63. The monoisotopic (exact) mass is 249 g/mol. The van der Waals surface area contributed by atoms with Crippen molar-refractivity contribution in [2.24, 2.45) is 0 Å². The van der Waals surface area contributed by atoms with Gasteiger partial charge in [-0.25, -0.2) is 4.39 Å². The van der Waals surface area contributed by atoms with E-state index in [0.29, 0.717) is 31.6 Å². The largest absolute Gasteiger partial charge is 0.399 e. The third kappa shape index (κ3) is 1.95. The molecule has 0 saturated carbocycles. The molecule has 96 valence electrons. The van der Waals surface area contributed by atoms with Crippen LogP contribution in [-0.4, -0.2) is 36.1 Å². The Hall–Kier alpha value is -1.62. The number of hydrogen-bond donors (Lipinski definition) is 2. The molecule has 1 unspecified atom stereocenters. The van der Waals surface area contributed by atoms with Gasteiger partial charge >= 0.3 is 0 Å².